The van der Waals surface area contributed by atoms with Gasteiger partial charge in [-0.3, -0.25) is 14.6 Å². The van der Waals surface area contributed by atoms with Gasteiger partial charge in [0.1, 0.15) is 6.04 Å². The van der Waals surface area contributed by atoms with Gasteiger partial charge in [0.05, 0.1) is 12.0 Å². The van der Waals surface area contributed by atoms with Crippen molar-refractivity contribution in [2.24, 2.45) is 11.0 Å². The van der Waals surface area contributed by atoms with Gasteiger partial charge in [-0.2, -0.15) is 18.3 Å². The van der Waals surface area contributed by atoms with Crippen molar-refractivity contribution < 1.29 is 27.5 Å². The third-order valence-electron chi connectivity index (χ3n) is 4.43. The molecule has 1 fully saturated rings. The second kappa shape index (κ2) is 6.93. The lowest BCUT2D eigenvalue weighted by Crippen LogP contribution is -2.39. The van der Waals surface area contributed by atoms with Crippen LogP contribution in [0.2, 0.25) is 0 Å². The first-order valence-electron chi connectivity index (χ1n) is 8.09. The lowest BCUT2D eigenvalue weighted by Gasteiger charge is -2.27. The van der Waals surface area contributed by atoms with E-state index in [4.69, 9.17) is 0 Å². The number of allylic oxidation sites excluding steroid dienone is 1. The van der Waals surface area contributed by atoms with E-state index >= 15 is 0 Å². The molecule has 5 nitrogen and oxygen atoms in total. The quantitative estimate of drug-likeness (QED) is 0.607. The zero-order valence-corrected chi connectivity index (χ0v) is 13.9. The summed E-state index contributed by atoms with van der Waals surface area (Å²) in [6.07, 6.45) is 0.190. The maximum absolute atomic E-state index is 12.8. The van der Waals surface area contributed by atoms with Gasteiger partial charge in [0, 0.05) is 11.8 Å². The van der Waals surface area contributed by atoms with E-state index in [1.165, 1.54) is 11.2 Å². The molecule has 1 aromatic carbocycles. The summed E-state index contributed by atoms with van der Waals surface area (Å²) in [6.45, 7) is 0.255. The molecule has 0 aliphatic carbocycles. The topological polar surface area (TPSA) is 59.0 Å². The highest BCUT2D eigenvalue weighted by Crippen LogP contribution is 2.35. The minimum Gasteiger partial charge on any atom is -0.456 e. The molecule has 3 atom stereocenters. The normalized spacial score (nSPS) is 24.5. The summed E-state index contributed by atoms with van der Waals surface area (Å²) in [6, 6.07) is 5.65. The second-order valence-electron chi connectivity index (χ2n) is 6.33. The van der Waals surface area contributed by atoms with Crippen molar-refractivity contribution in [3.8, 4) is 0 Å². The number of alkyl halides is 3. The highest BCUT2D eigenvalue weighted by molar-refractivity contribution is 6.01. The Bertz CT molecular complexity index is 756. The molecule has 1 saturated heterocycles. The van der Waals surface area contributed by atoms with Crippen LogP contribution >= 0.6 is 0 Å². The maximum atomic E-state index is 12.8. The van der Waals surface area contributed by atoms with Crippen molar-refractivity contribution in [3.05, 3.63) is 47.5 Å². The largest absolute Gasteiger partial charge is 0.456 e. The van der Waals surface area contributed by atoms with Crippen molar-refractivity contribution >= 4 is 18.0 Å². The fraction of sp³-hybridized carbons (Fsp3) is 0.389. The van der Waals surface area contributed by atoms with Crippen LogP contribution in [-0.4, -0.2) is 47.8 Å². The maximum Gasteiger partial charge on any atom is 0.422 e. The second-order valence-corrected chi connectivity index (χ2v) is 6.33. The summed E-state index contributed by atoms with van der Waals surface area (Å²) in [4.78, 5) is 25.0. The molecule has 0 radical (unpaired) electrons. The summed E-state index contributed by atoms with van der Waals surface area (Å²) in [5.74, 6) is -2.09. The Balaban J connectivity index is 1.79. The number of ether oxygens (including phenoxy) is 1. The molecule has 0 bridgehead atoms. The van der Waals surface area contributed by atoms with Crippen LogP contribution in [0.15, 0.2) is 41.5 Å². The number of hydrogen-bond donors (Lipinski definition) is 0. The van der Waals surface area contributed by atoms with Crippen molar-refractivity contribution in [3.63, 3.8) is 0 Å². The van der Waals surface area contributed by atoms with Crippen LogP contribution in [0.4, 0.5) is 13.2 Å². The Kier molecular flexibility index (Phi) is 4.84. The van der Waals surface area contributed by atoms with E-state index in [2.05, 4.69) is 9.84 Å². The third kappa shape index (κ3) is 3.79. The first kappa shape index (κ1) is 18.2. The highest BCUT2D eigenvalue weighted by atomic mass is 19.4. The van der Waals surface area contributed by atoms with Crippen LogP contribution < -0.4 is 0 Å². The van der Waals surface area contributed by atoms with Crippen molar-refractivity contribution in [2.45, 2.75) is 31.6 Å². The predicted octanol–water partition coefficient (Wildman–Crippen LogP) is 2.90. The molecule has 0 unspecified atom stereocenters. The summed E-state index contributed by atoms with van der Waals surface area (Å²) in [5, 5.41) is 5.62. The number of ketones is 1. The average molecular weight is 366 g/mol. The number of rotatable bonds is 4. The van der Waals surface area contributed by atoms with Gasteiger partial charge in [-0.25, -0.2) is 0 Å². The van der Waals surface area contributed by atoms with E-state index in [1.807, 2.05) is 6.92 Å². The first-order valence-corrected chi connectivity index (χ1v) is 8.09. The molecule has 26 heavy (non-hydrogen) atoms. The van der Waals surface area contributed by atoms with Crippen LogP contribution in [0.1, 0.15) is 22.3 Å². The Labute approximate surface area is 148 Å². The number of hydrazone groups is 1. The lowest BCUT2D eigenvalue weighted by molar-refractivity contribution is -0.189. The van der Waals surface area contributed by atoms with Crippen LogP contribution in [0.5, 0.6) is 0 Å². The molecule has 2 aliphatic rings. The number of carbonyl (C=O) groups is 2. The van der Waals surface area contributed by atoms with E-state index < -0.39 is 36.8 Å². The van der Waals surface area contributed by atoms with Crippen molar-refractivity contribution in [2.75, 3.05) is 6.61 Å². The van der Waals surface area contributed by atoms with Gasteiger partial charge in [-0.05, 0) is 19.4 Å². The van der Waals surface area contributed by atoms with Crippen molar-refractivity contribution in [1.29, 1.82) is 0 Å². The SMILES string of the molecule is Cc1ccc(C(=O)[C@H]2C[C@H](C(=O)OCC(F)(F)F)[C@@H]3C=CC=NN23)cc1. The molecular weight excluding hydrogens is 349 g/mol. The van der Waals surface area contributed by atoms with Crippen LogP contribution in [0.3, 0.4) is 0 Å². The number of carbonyl (C=O) groups excluding carboxylic acids is 2. The number of esters is 1. The number of Topliss-reactive ketones (excluding diaryl/α,β-unsaturated/α-hetero) is 1. The van der Waals surface area contributed by atoms with Crippen molar-refractivity contribution in [1.82, 2.24) is 5.01 Å². The van der Waals surface area contributed by atoms with Gasteiger partial charge in [0.25, 0.3) is 0 Å². The van der Waals surface area contributed by atoms with Crippen LogP contribution in [-0.2, 0) is 9.53 Å². The molecular formula is C18H17F3N2O3. The molecule has 0 spiro atoms. The third-order valence-corrected chi connectivity index (χ3v) is 4.43. The van der Waals surface area contributed by atoms with E-state index in [0.717, 1.165) is 5.56 Å². The van der Waals surface area contributed by atoms with E-state index in [0.29, 0.717) is 5.56 Å². The smallest absolute Gasteiger partial charge is 0.422 e. The molecule has 0 aromatic heterocycles. The molecule has 2 heterocycles. The fourth-order valence-electron chi connectivity index (χ4n) is 3.17. The Morgan fingerprint density at radius 3 is 2.62 bits per heavy atom. The van der Waals surface area contributed by atoms with Gasteiger partial charge in [-0.15, -0.1) is 0 Å². The molecule has 3 rings (SSSR count). The molecule has 138 valence electrons. The first-order chi connectivity index (χ1) is 12.3. The van der Waals surface area contributed by atoms with E-state index in [9.17, 15) is 22.8 Å². The zero-order chi connectivity index (χ0) is 18.9. The molecule has 8 heteroatoms. The Morgan fingerprint density at radius 1 is 1.27 bits per heavy atom. The zero-order valence-electron chi connectivity index (χ0n) is 13.9. The number of halogens is 3. The number of fused-ring (bicyclic) bond motifs is 1. The predicted molar refractivity (Wildman–Crippen MR) is 87.7 cm³/mol. The monoisotopic (exact) mass is 366 g/mol. The molecule has 2 aliphatic heterocycles. The summed E-state index contributed by atoms with van der Waals surface area (Å²) < 4.78 is 41.3. The molecule has 1 aromatic rings. The molecule has 0 N–H and O–H groups in total. The van der Waals surface area contributed by atoms with Crippen LogP contribution in [0, 0.1) is 12.8 Å². The van der Waals surface area contributed by atoms with Gasteiger partial charge >= 0.3 is 12.1 Å². The summed E-state index contributed by atoms with van der Waals surface area (Å²) >= 11 is 0. The number of benzene rings is 1. The summed E-state index contributed by atoms with van der Waals surface area (Å²) in [5.41, 5.74) is 1.46. The number of hydrogen-bond acceptors (Lipinski definition) is 5. The number of aryl methyl sites for hydroxylation is 1. The average Bonchev–Trinajstić information content (AvgIpc) is 2.99. The Hall–Kier alpha value is -2.64. The van der Waals surface area contributed by atoms with Gasteiger partial charge in [0.15, 0.2) is 12.4 Å². The summed E-state index contributed by atoms with van der Waals surface area (Å²) in [7, 11) is 0. The minimum absolute atomic E-state index is 0.0513. The van der Waals surface area contributed by atoms with E-state index in [1.54, 1.807) is 36.4 Å². The fourth-order valence-corrected chi connectivity index (χ4v) is 3.17. The van der Waals surface area contributed by atoms with Crippen LogP contribution in [0.25, 0.3) is 0 Å². The highest BCUT2D eigenvalue weighted by Gasteiger charge is 2.48. The number of nitrogens with zero attached hydrogens (tertiary/aromatic N) is 2. The van der Waals surface area contributed by atoms with Gasteiger partial charge in [0.2, 0.25) is 0 Å². The minimum atomic E-state index is -4.59. The standard InChI is InChI=1S/C18H17F3N2O3/c1-11-4-6-12(7-5-11)16(24)15-9-13(14-3-2-8-22-23(14)15)17(25)26-10-18(19,20)21/h2-8,13-15H,9-10H2,1H3/t13-,14-,15+/m0/s1. The molecule has 0 amide bonds. The molecule has 0 saturated carbocycles. The van der Waals surface area contributed by atoms with E-state index in [-0.39, 0.29) is 12.2 Å². The lowest BCUT2D eigenvalue weighted by atomic mass is 9.95. The Morgan fingerprint density at radius 2 is 1.96 bits per heavy atom. The van der Waals surface area contributed by atoms with Gasteiger partial charge < -0.3 is 4.74 Å². The van der Waals surface area contributed by atoms with Gasteiger partial charge in [-0.1, -0.05) is 35.9 Å².